The fourth-order valence-electron chi connectivity index (χ4n) is 2.95. The van der Waals surface area contributed by atoms with Gasteiger partial charge in [0, 0.05) is 13.3 Å². The Balaban J connectivity index is 5.21. The molecule has 0 saturated heterocycles. The largest absolute Gasteiger partial charge is 0.508 e. The number of carbonyl (C=O) groups excluding carboxylic acids is 7. The molecule has 0 aromatic carbocycles. The predicted octanol–water partition coefficient (Wildman–Crippen LogP) is 1.74. The second-order valence-electron chi connectivity index (χ2n) is 10.0. The quantitative estimate of drug-likeness (QED) is 0.170. The van der Waals surface area contributed by atoms with Crippen LogP contribution in [0.4, 0.5) is 9.59 Å². The van der Waals surface area contributed by atoms with Crippen LogP contribution in [0, 0.1) is 16.2 Å². The molecule has 0 aliphatic rings. The predicted molar refractivity (Wildman–Crippen MR) is 137 cm³/mol. The first-order valence-corrected chi connectivity index (χ1v) is 12.7. The summed E-state index contributed by atoms with van der Waals surface area (Å²) in [6, 6.07) is 0. The van der Waals surface area contributed by atoms with E-state index in [9.17, 15) is 33.6 Å². The molecule has 0 saturated carbocycles. The maximum absolute atomic E-state index is 12.4. The molecule has 0 aliphatic carbocycles. The van der Waals surface area contributed by atoms with E-state index >= 15 is 0 Å². The highest BCUT2D eigenvalue weighted by Crippen LogP contribution is 2.24. The molecule has 0 rings (SSSR count). The molecule has 3 unspecified atom stereocenters. The lowest BCUT2D eigenvalue weighted by atomic mass is 9.93. The number of hydrogen-bond donors (Lipinski definition) is 0. The van der Waals surface area contributed by atoms with Crippen LogP contribution < -0.4 is 0 Å². The summed E-state index contributed by atoms with van der Waals surface area (Å²) in [6.07, 6.45) is -1.96. The summed E-state index contributed by atoms with van der Waals surface area (Å²) < 4.78 is 43.8. The van der Waals surface area contributed by atoms with Crippen molar-refractivity contribution >= 4 is 42.2 Å². The van der Waals surface area contributed by atoms with E-state index in [0.717, 1.165) is 28.3 Å². The minimum absolute atomic E-state index is 0.126. The van der Waals surface area contributed by atoms with Crippen molar-refractivity contribution in [3.8, 4) is 0 Å². The van der Waals surface area contributed by atoms with Gasteiger partial charge in [-0.25, -0.2) is 9.59 Å². The van der Waals surface area contributed by atoms with Gasteiger partial charge in [-0.1, -0.05) is 6.92 Å². The van der Waals surface area contributed by atoms with Crippen molar-refractivity contribution in [2.45, 2.75) is 47.5 Å². The third kappa shape index (κ3) is 12.6. The summed E-state index contributed by atoms with van der Waals surface area (Å²) in [5.41, 5.74) is -4.84. The molecule has 42 heavy (non-hydrogen) atoms. The van der Waals surface area contributed by atoms with E-state index in [4.69, 9.17) is 37.9 Å². The maximum Gasteiger partial charge on any atom is 0.508 e. The lowest BCUT2D eigenvalue weighted by Crippen LogP contribution is -2.42. The third-order valence-corrected chi connectivity index (χ3v) is 5.67. The van der Waals surface area contributed by atoms with Crippen LogP contribution in [-0.2, 0) is 66.6 Å². The first kappa shape index (κ1) is 37.9. The van der Waals surface area contributed by atoms with Gasteiger partial charge < -0.3 is 42.6 Å². The normalized spacial score (nSPS) is 14.8. The summed E-state index contributed by atoms with van der Waals surface area (Å²) in [5, 5.41) is 0. The van der Waals surface area contributed by atoms with Crippen LogP contribution >= 0.6 is 0 Å². The van der Waals surface area contributed by atoms with E-state index in [-0.39, 0.29) is 6.42 Å². The molecular formula is C26H40O16. The summed E-state index contributed by atoms with van der Waals surface area (Å²) in [6.45, 7) is 3.35. The van der Waals surface area contributed by atoms with Crippen LogP contribution in [0.5, 0.6) is 0 Å². The Morgan fingerprint density at radius 1 is 0.500 bits per heavy atom. The molecule has 0 aromatic heterocycles. The van der Waals surface area contributed by atoms with Crippen LogP contribution in [-0.4, -0.2) is 103 Å². The number of hydrogen-bond acceptors (Lipinski definition) is 16. The van der Waals surface area contributed by atoms with Crippen LogP contribution in [0.15, 0.2) is 0 Å². The zero-order chi connectivity index (χ0) is 32.6. The number of carbonyl (C=O) groups is 7. The zero-order valence-corrected chi connectivity index (χ0v) is 25.2. The highest BCUT2D eigenvalue weighted by atomic mass is 16.7. The molecule has 0 heterocycles. The first-order valence-electron chi connectivity index (χ1n) is 12.7. The van der Waals surface area contributed by atoms with Gasteiger partial charge >= 0.3 is 42.2 Å². The summed E-state index contributed by atoms with van der Waals surface area (Å²) in [4.78, 5) is 84.1. The van der Waals surface area contributed by atoms with E-state index in [1.807, 2.05) is 0 Å². The number of esters is 5. The van der Waals surface area contributed by atoms with Crippen molar-refractivity contribution in [2.75, 3.05) is 61.0 Å². The first-order chi connectivity index (χ1) is 19.5. The lowest BCUT2D eigenvalue weighted by molar-refractivity contribution is -0.165. The molecule has 0 aliphatic heterocycles. The molecule has 16 nitrogen and oxygen atoms in total. The van der Waals surface area contributed by atoms with E-state index in [0.29, 0.717) is 6.42 Å². The molecule has 0 fully saturated rings. The van der Waals surface area contributed by atoms with Crippen molar-refractivity contribution in [3.63, 3.8) is 0 Å². The fraction of sp³-hybridized carbons (Fsp3) is 0.731. The average Bonchev–Trinajstić information content (AvgIpc) is 2.97. The molecule has 0 bridgehead atoms. The van der Waals surface area contributed by atoms with Crippen molar-refractivity contribution in [1.82, 2.24) is 0 Å². The lowest BCUT2D eigenvalue weighted by Gasteiger charge is -2.27. The second-order valence-corrected chi connectivity index (χ2v) is 10.0. The third-order valence-electron chi connectivity index (χ3n) is 5.67. The van der Waals surface area contributed by atoms with Gasteiger partial charge in [0.15, 0.2) is 0 Å². The van der Waals surface area contributed by atoms with Crippen LogP contribution in [0.1, 0.15) is 47.5 Å². The van der Waals surface area contributed by atoms with Gasteiger partial charge in [0.25, 0.3) is 0 Å². The molecule has 16 heteroatoms. The molecule has 0 aromatic rings. The minimum atomic E-state index is -1.74. The van der Waals surface area contributed by atoms with Gasteiger partial charge in [0.2, 0.25) is 0 Å². The summed E-state index contributed by atoms with van der Waals surface area (Å²) in [5.74, 6) is -3.81. The van der Waals surface area contributed by atoms with E-state index < -0.39 is 98.0 Å². The molecule has 240 valence electrons. The highest BCUT2D eigenvalue weighted by Gasteiger charge is 2.42. The highest BCUT2D eigenvalue weighted by molar-refractivity contribution is 5.79. The smallest absolute Gasteiger partial charge is 0.468 e. The van der Waals surface area contributed by atoms with Gasteiger partial charge in [0.1, 0.15) is 55.9 Å². The maximum atomic E-state index is 12.4. The molecule has 3 atom stereocenters. The molecule has 0 spiro atoms. The van der Waals surface area contributed by atoms with Crippen molar-refractivity contribution in [1.29, 1.82) is 0 Å². The zero-order valence-electron chi connectivity index (χ0n) is 25.2. The van der Waals surface area contributed by atoms with Crippen molar-refractivity contribution in [3.05, 3.63) is 0 Å². The Morgan fingerprint density at radius 3 is 1.05 bits per heavy atom. The summed E-state index contributed by atoms with van der Waals surface area (Å²) >= 11 is 0. The van der Waals surface area contributed by atoms with Gasteiger partial charge in [0.05, 0.1) is 21.3 Å². The van der Waals surface area contributed by atoms with Crippen LogP contribution in [0.2, 0.25) is 0 Å². The Morgan fingerprint density at radius 2 is 0.786 bits per heavy atom. The van der Waals surface area contributed by atoms with Crippen LogP contribution in [0.3, 0.4) is 0 Å². The Kier molecular flexibility index (Phi) is 15.9. The van der Waals surface area contributed by atoms with Gasteiger partial charge in [-0.3, -0.25) is 24.0 Å². The van der Waals surface area contributed by atoms with Crippen molar-refractivity contribution in [2.24, 2.45) is 16.2 Å². The standard InChI is InChI=1S/C26H40O16/c1-9-10-18(28)38-12-25(4,20(30)35-7)14-40-23(33)42-16-26(5,21(31)36-8)15-41-22(32)39-13-24(3,19(29)34-6)11-37-17(2)27/h9-16H2,1-8H3. The van der Waals surface area contributed by atoms with E-state index in [1.165, 1.54) is 20.8 Å². The van der Waals surface area contributed by atoms with Gasteiger partial charge in [-0.05, 0) is 27.2 Å². The van der Waals surface area contributed by atoms with Gasteiger partial charge in [-0.15, -0.1) is 0 Å². The number of methoxy groups -OCH3 is 3. The van der Waals surface area contributed by atoms with Gasteiger partial charge in [-0.2, -0.15) is 0 Å². The molecule has 0 N–H and O–H groups in total. The average molecular weight is 609 g/mol. The summed E-state index contributed by atoms with van der Waals surface area (Å²) in [7, 11) is 3.25. The SMILES string of the molecule is CCCC(=O)OCC(C)(COC(=O)OCC(C)(COC(=O)OCC(C)(COC(C)=O)C(=O)OC)C(=O)OC)C(=O)OC. The molecule has 0 amide bonds. The topological polar surface area (TPSA) is 203 Å². The van der Waals surface area contributed by atoms with E-state index in [1.54, 1.807) is 6.92 Å². The van der Waals surface area contributed by atoms with Crippen LogP contribution in [0.25, 0.3) is 0 Å². The molecular weight excluding hydrogens is 568 g/mol. The fourth-order valence-corrected chi connectivity index (χ4v) is 2.95. The number of ether oxygens (including phenoxy) is 9. The van der Waals surface area contributed by atoms with E-state index in [2.05, 4.69) is 4.74 Å². The Bertz CT molecular complexity index is 977. The monoisotopic (exact) mass is 608 g/mol. The van der Waals surface area contributed by atoms with Crippen molar-refractivity contribution < 1.29 is 76.2 Å². The number of rotatable bonds is 17. The molecule has 0 radical (unpaired) electrons. The Labute approximate surface area is 243 Å². The second kappa shape index (κ2) is 17.6. The Hall–Kier alpha value is -4.11. The minimum Gasteiger partial charge on any atom is -0.468 e.